The number of halogens is 1. The van der Waals surface area contributed by atoms with E-state index in [9.17, 15) is 0 Å². The number of hydrogen-bond acceptors (Lipinski definition) is 4. The Morgan fingerprint density at radius 2 is 2.00 bits per heavy atom. The maximum atomic E-state index is 6.05. The van der Waals surface area contributed by atoms with E-state index in [1.54, 1.807) is 6.20 Å². The minimum atomic E-state index is 0.460. The van der Waals surface area contributed by atoms with E-state index in [1.165, 1.54) is 6.54 Å². The highest BCUT2D eigenvalue weighted by molar-refractivity contribution is 6.31. The standard InChI is InChI=1S/C14H23ClN4/c1-11(2)10-18-3-5-19(6-4-18)14-7-12(8-16)13(15)9-17-14/h7,9,11H,3-6,8,10,16H2,1-2H3. The Hall–Kier alpha value is -0.840. The van der Waals surface area contributed by atoms with E-state index < -0.39 is 0 Å². The van der Waals surface area contributed by atoms with Gasteiger partial charge in [0, 0.05) is 45.5 Å². The number of piperazine rings is 1. The summed E-state index contributed by atoms with van der Waals surface area (Å²) in [5.41, 5.74) is 6.66. The van der Waals surface area contributed by atoms with Gasteiger partial charge in [-0.2, -0.15) is 0 Å². The van der Waals surface area contributed by atoms with E-state index in [0.717, 1.165) is 43.5 Å². The van der Waals surface area contributed by atoms with Crippen molar-refractivity contribution in [2.45, 2.75) is 20.4 Å². The van der Waals surface area contributed by atoms with Gasteiger partial charge in [-0.1, -0.05) is 25.4 Å². The Bertz CT molecular complexity index is 414. The molecule has 0 radical (unpaired) electrons. The van der Waals surface area contributed by atoms with Crippen molar-refractivity contribution in [1.82, 2.24) is 9.88 Å². The van der Waals surface area contributed by atoms with Gasteiger partial charge < -0.3 is 10.6 Å². The van der Waals surface area contributed by atoms with E-state index in [0.29, 0.717) is 11.6 Å². The van der Waals surface area contributed by atoms with Gasteiger partial charge in [-0.3, -0.25) is 4.90 Å². The molecule has 0 unspecified atom stereocenters. The Labute approximate surface area is 120 Å². The van der Waals surface area contributed by atoms with Crippen LogP contribution in [0.15, 0.2) is 12.3 Å². The van der Waals surface area contributed by atoms with Crippen LogP contribution in [0.4, 0.5) is 5.82 Å². The van der Waals surface area contributed by atoms with Crippen molar-refractivity contribution in [2.75, 3.05) is 37.6 Å². The van der Waals surface area contributed by atoms with Gasteiger partial charge >= 0.3 is 0 Å². The molecule has 5 heteroatoms. The fourth-order valence-electron chi connectivity index (χ4n) is 2.47. The molecule has 1 fully saturated rings. The van der Waals surface area contributed by atoms with Crippen LogP contribution in [0.3, 0.4) is 0 Å². The van der Waals surface area contributed by atoms with E-state index in [4.69, 9.17) is 17.3 Å². The maximum absolute atomic E-state index is 6.05. The lowest BCUT2D eigenvalue weighted by Gasteiger charge is -2.36. The summed E-state index contributed by atoms with van der Waals surface area (Å²) < 4.78 is 0. The third-order valence-corrected chi connectivity index (χ3v) is 3.80. The van der Waals surface area contributed by atoms with Gasteiger partial charge in [-0.25, -0.2) is 4.98 Å². The first-order chi connectivity index (χ1) is 9.10. The normalized spacial score (nSPS) is 17.2. The van der Waals surface area contributed by atoms with Gasteiger partial charge in [-0.05, 0) is 17.5 Å². The highest BCUT2D eigenvalue weighted by Gasteiger charge is 2.19. The summed E-state index contributed by atoms with van der Waals surface area (Å²) in [6, 6.07) is 2.01. The maximum Gasteiger partial charge on any atom is 0.128 e. The van der Waals surface area contributed by atoms with E-state index in [-0.39, 0.29) is 0 Å². The zero-order chi connectivity index (χ0) is 13.8. The molecule has 0 amide bonds. The van der Waals surface area contributed by atoms with Crippen LogP contribution in [0, 0.1) is 5.92 Å². The molecule has 0 aliphatic carbocycles. The Morgan fingerprint density at radius 3 is 2.58 bits per heavy atom. The van der Waals surface area contributed by atoms with Crippen molar-refractivity contribution in [3.8, 4) is 0 Å². The third kappa shape index (κ3) is 3.81. The van der Waals surface area contributed by atoms with Gasteiger partial charge in [0.1, 0.15) is 5.82 Å². The summed E-state index contributed by atoms with van der Waals surface area (Å²) in [5, 5.41) is 0.657. The summed E-state index contributed by atoms with van der Waals surface area (Å²) in [5.74, 6) is 1.72. The molecule has 1 aromatic rings. The number of hydrogen-bond donors (Lipinski definition) is 1. The molecule has 0 atom stereocenters. The molecule has 2 rings (SSSR count). The summed E-state index contributed by atoms with van der Waals surface area (Å²) in [7, 11) is 0. The Morgan fingerprint density at radius 1 is 1.32 bits per heavy atom. The minimum absolute atomic E-state index is 0.460. The zero-order valence-electron chi connectivity index (χ0n) is 11.8. The van der Waals surface area contributed by atoms with Crippen LogP contribution < -0.4 is 10.6 Å². The molecule has 0 saturated carbocycles. The van der Waals surface area contributed by atoms with Gasteiger partial charge in [0.25, 0.3) is 0 Å². The predicted molar refractivity (Wildman–Crippen MR) is 80.6 cm³/mol. The molecule has 0 aromatic carbocycles. The van der Waals surface area contributed by atoms with Crippen molar-refractivity contribution < 1.29 is 0 Å². The number of anilines is 1. The second kappa shape index (κ2) is 6.55. The van der Waals surface area contributed by atoms with Crippen LogP contribution in [0.5, 0.6) is 0 Å². The van der Waals surface area contributed by atoms with E-state index in [2.05, 4.69) is 28.6 Å². The Kier molecular flexibility index (Phi) is 5.02. The number of pyridine rings is 1. The fraction of sp³-hybridized carbons (Fsp3) is 0.643. The number of nitrogens with zero attached hydrogens (tertiary/aromatic N) is 3. The number of aromatic nitrogens is 1. The summed E-state index contributed by atoms with van der Waals surface area (Å²) in [6.45, 7) is 10.4. The van der Waals surface area contributed by atoms with Gasteiger partial charge in [-0.15, -0.1) is 0 Å². The number of rotatable bonds is 4. The smallest absolute Gasteiger partial charge is 0.128 e. The monoisotopic (exact) mass is 282 g/mol. The van der Waals surface area contributed by atoms with Crippen LogP contribution in [0.2, 0.25) is 5.02 Å². The van der Waals surface area contributed by atoms with Crippen molar-refractivity contribution in [2.24, 2.45) is 11.7 Å². The molecular weight excluding hydrogens is 260 g/mol. The topological polar surface area (TPSA) is 45.4 Å². The highest BCUT2D eigenvalue weighted by Crippen LogP contribution is 2.21. The zero-order valence-corrected chi connectivity index (χ0v) is 12.5. The Balaban J connectivity index is 1.97. The second-order valence-electron chi connectivity index (χ2n) is 5.52. The summed E-state index contributed by atoms with van der Waals surface area (Å²) in [6.07, 6.45) is 1.71. The lowest BCUT2D eigenvalue weighted by Crippen LogP contribution is -2.47. The molecule has 0 spiro atoms. The van der Waals surface area contributed by atoms with Crippen molar-refractivity contribution in [1.29, 1.82) is 0 Å². The summed E-state index contributed by atoms with van der Waals surface area (Å²) in [4.78, 5) is 9.24. The third-order valence-electron chi connectivity index (χ3n) is 3.46. The van der Waals surface area contributed by atoms with Crippen LogP contribution in [0.1, 0.15) is 19.4 Å². The average molecular weight is 283 g/mol. The second-order valence-corrected chi connectivity index (χ2v) is 5.93. The largest absolute Gasteiger partial charge is 0.354 e. The lowest BCUT2D eigenvalue weighted by molar-refractivity contribution is 0.231. The van der Waals surface area contributed by atoms with Crippen molar-refractivity contribution in [3.63, 3.8) is 0 Å². The molecule has 2 N–H and O–H groups in total. The van der Waals surface area contributed by atoms with Crippen LogP contribution in [-0.2, 0) is 6.54 Å². The fourth-order valence-corrected chi connectivity index (χ4v) is 2.65. The molecule has 1 aromatic heterocycles. The molecule has 106 valence electrons. The molecule has 0 bridgehead atoms. The summed E-state index contributed by atoms with van der Waals surface area (Å²) >= 11 is 6.05. The molecule has 1 aliphatic rings. The molecule has 2 heterocycles. The predicted octanol–water partition coefficient (Wildman–Crippen LogP) is 1.97. The van der Waals surface area contributed by atoms with Crippen LogP contribution in [0.25, 0.3) is 0 Å². The van der Waals surface area contributed by atoms with E-state index >= 15 is 0 Å². The highest BCUT2D eigenvalue weighted by atomic mass is 35.5. The van der Waals surface area contributed by atoms with Crippen molar-refractivity contribution in [3.05, 3.63) is 22.8 Å². The van der Waals surface area contributed by atoms with Crippen LogP contribution in [-0.4, -0.2) is 42.6 Å². The molecule has 1 saturated heterocycles. The van der Waals surface area contributed by atoms with Gasteiger partial charge in [0.2, 0.25) is 0 Å². The van der Waals surface area contributed by atoms with Gasteiger partial charge in [0.05, 0.1) is 5.02 Å². The average Bonchev–Trinajstić information content (AvgIpc) is 2.40. The first-order valence-electron chi connectivity index (χ1n) is 6.92. The molecule has 1 aliphatic heterocycles. The van der Waals surface area contributed by atoms with E-state index in [1.807, 2.05) is 6.07 Å². The molecule has 4 nitrogen and oxygen atoms in total. The lowest BCUT2D eigenvalue weighted by atomic mass is 10.2. The first kappa shape index (κ1) is 14.6. The molecular formula is C14H23ClN4. The molecule has 19 heavy (non-hydrogen) atoms. The number of nitrogens with two attached hydrogens (primary N) is 1. The minimum Gasteiger partial charge on any atom is -0.354 e. The van der Waals surface area contributed by atoms with Crippen LogP contribution >= 0.6 is 11.6 Å². The SMILES string of the molecule is CC(C)CN1CCN(c2cc(CN)c(Cl)cn2)CC1. The first-order valence-corrected chi connectivity index (χ1v) is 7.29. The van der Waals surface area contributed by atoms with Gasteiger partial charge in [0.15, 0.2) is 0 Å². The quantitative estimate of drug-likeness (QED) is 0.917. The van der Waals surface area contributed by atoms with Crippen molar-refractivity contribution >= 4 is 17.4 Å².